The average Bonchev–Trinajstić information content (AvgIpc) is 2.65. The Bertz CT molecular complexity index is 686. The van der Waals surface area contributed by atoms with Crippen LogP contribution in [0.4, 0.5) is 0 Å². The molecule has 0 aromatic heterocycles. The minimum absolute atomic E-state index is 0.0628. The lowest BCUT2D eigenvalue weighted by Gasteiger charge is -2.23. The smallest absolute Gasteiger partial charge is 0.188 e. The first kappa shape index (κ1) is 20.0. The molecule has 6 heteroatoms. The molecule has 0 aliphatic heterocycles. The lowest BCUT2D eigenvalue weighted by atomic mass is 9.97. The number of ether oxygens (including phenoxy) is 5. The maximum Gasteiger partial charge on any atom is 0.188 e. The molecule has 6 nitrogen and oxygen atoms in total. The van der Waals surface area contributed by atoms with Crippen LogP contribution in [-0.4, -0.2) is 40.0 Å². The molecular weight excluding hydrogens is 336 g/mol. The summed E-state index contributed by atoms with van der Waals surface area (Å²) in [6.07, 6.45) is -0.433. The van der Waals surface area contributed by atoms with Crippen LogP contribution in [0.25, 0.3) is 0 Å². The van der Waals surface area contributed by atoms with Gasteiger partial charge >= 0.3 is 0 Å². The Morgan fingerprint density at radius 3 is 2.19 bits per heavy atom. The Morgan fingerprint density at radius 1 is 0.923 bits per heavy atom. The zero-order valence-corrected chi connectivity index (χ0v) is 15.7. The normalized spacial score (nSPS) is 11.9. The fourth-order valence-corrected chi connectivity index (χ4v) is 2.77. The van der Waals surface area contributed by atoms with Crippen molar-refractivity contribution in [3.8, 4) is 17.2 Å². The Kier molecular flexibility index (Phi) is 7.72. The Hall–Kier alpha value is -2.28. The van der Waals surface area contributed by atoms with Gasteiger partial charge in [-0.1, -0.05) is 30.3 Å². The highest BCUT2D eigenvalue weighted by Crippen LogP contribution is 2.44. The van der Waals surface area contributed by atoms with Crippen LogP contribution in [0.1, 0.15) is 22.8 Å². The topological polar surface area (TPSA) is 66.4 Å². The molecule has 1 N–H and O–H groups in total. The molecule has 2 aromatic carbocycles. The van der Waals surface area contributed by atoms with E-state index < -0.39 is 6.10 Å². The number of benzene rings is 2. The lowest BCUT2D eigenvalue weighted by molar-refractivity contribution is 0.0431. The van der Waals surface area contributed by atoms with E-state index in [1.54, 1.807) is 20.3 Å². The van der Waals surface area contributed by atoms with E-state index in [9.17, 15) is 5.11 Å². The van der Waals surface area contributed by atoms with Crippen LogP contribution < -0.4 is 14.2 Å². The second-order valence-corrected chi connectivity index (χ2v) is 5.77. The minimum Gasteiger partial charge on any atom is -0.492 e. The van der Waals surface area contributed by atoms with E-state index in [0.29, 0.717) is 29.2 Å². The molecule has 0 heterocycles. The second-order valence-electron chi connectivity index (χ2n) is 5.77. The summed E-state index contributed by atoms with van der Waals surface area (Å²) in [7, 11) is 4.62. The van der Waals surface area contributed by atoms with Crippen molar-refractivity contribution in [3.05, 3.63) is 53.1 Å². The predicted molar refractivity (Wildman–Crippen MR) is 97.8 cm³/mol. The number of methoxy groups -OCH3 is 3. The van der Waals surface area contributed by atoms with Crippen molar-refractivity contribution in [3.63, 3.8) is 0 Å². The maximum absolute atomic E-state index is 11.0. The molecule has 0 saturated heterocycles. The van der Waals surface area contributed by atoms with E-state index in [2.05, 4.69) is 0 Å². The first-order valence-electron chi connectivity index (χ1n) is 8.29. The second kappa shape index (κ2) is 10.0. The molecule has 1 unspecified atom stereocenters. The molecule has 0 radical (unpaired) electrons. The van der Waals surface area contributed by atoms with Gasteiger partial charge in [0, 0.05) is 20.6 Å². The van der Waals surface area contributed by atoms with Crippen LogP contribution in [-0.2, 0) is 15.9 Å². The van der Waals surface area contributed by atoms with E-state index in [-0.39, 0.29) is 13.6 Å². The highest BCUT2D eigenvalue weighted by atomic mass is 16.7. The van der Waals surface area contributed by atoms with Gasteiger partial charge in [0.2, 0.25) is 0 Å². The summed E-state index contributed by atoms with van der Waals surface area (Å²) in [5.41, 5.74) is 2.33. The molecule has 0 aliphatic rings. The first-order valence-corrected chi connectivity index (χ1v) is 8.29. The van der Waals surface area contributed by atoms with Crippen molar-refractivity contribution in [2.75, 3.05) is 34.9 Å². The number of aliphatic hydroxyl groups is 1. The van der Waals surface area contributed by atoms with Gasteiger partial charge in [0.25, 0.3) is 0 Å². The van der Waals surface area contributed by atoms with Crippen molar-refractivity contribution < 1.29 is 28.8 Å². The van der Waals surface area contributed by atoms with Gasteiger partial charge < -0.3 is 28.8 Å². The average molecular weight is 362 g/mol. The largest absolute Gasteiger partial charge is 0.492 e. The molecular formula is C20H26O6. The van der Waals surface area contributed by atoms with Crippen LogP contribution in [0, 0.1) is 6.92 Å². The van der Waals surface area contributed by atoms with Gasteiger partial charge in [-0.05, 0) is 24.1 Å². The highest BCUT2D eigenvalue weighted by Gasteiger charge is 2.25. The fraction of sp³-hybridized carbons (Fsp3) is 0.400. The first-order chi connectivity index (χ1) is 12.6. The van der Waals surface area contributed by atoms with Crippen molar-refractivity contribution in [1.82, 2.24) is 0 Å². The molecule has 0 saturated carbocycles. The third kappa shape index (κ3) is 4.88. The number of rotatable bonds is 10. The summed E-state index contributed by atoms with van der Waals surface area (Å²) in [6, 6.07) is 11.5. The lowest BCUT2D eigenvalue weighted by Crippen LogP contribution is -2.12. The van der Waals surface area contributed by atoms with Gasteiger partial charge in [0.15, 0.2) is 25.1 Å². The Balaban J connectivity index is 2.47. The van der Waals surface area contributed by atoms with E-state index >= 15 is 0 Å². The van der Waals surface area contributed by atoms with Crippen LogP contribution in [0.2, 0.25) is 0 Å². The zero-order valence-electron chi connectivity index (χ0n) is 15.7. The molecule has 2 aromatic rings. The maximum atomic E-state index is 11.0. The third-order valence-electron chi connectivity index (χ3n) is 3.88. The van der Waals surface area contributed by atoms with Crippen LogP contribution in [0.5, 0.6) is 17.2 Å². The van der Waals surface area contributed by atoms with Gasteiger partial charge in [-0.2, -0.15) is 0 Å². The van der Waals surface area contributed by atoms with E-state index in [1.807, 2.05) is 37.3 Å². The van der Waals surface area contributed by atoms with Crippen molar-refractivity contribution in [1.29, 1.82) is 0 Å². The van der Waals surface area contributed by atoms with Crippen molar-refractivity contribution in [2.45, 2.75) is 19.4 Å². The van der Waals surface area contributed by atoms with Gasteiger partial charge in [-0.15, -0.1) is 0 Å². The minimum atomic E-state index is -0.844. The van der Waals surface area contributed by atoms with Crippen LogP contribution in [0.3, 0.4) is 0 Å². The molecule has 0 amide bonds. The monoisotopic (exact) mass is 362 g/mol. The van der Waals surface area contributed by atoms with Gasteiger partial charge in [0.1, 0.15) is 5.75 Å². The molecule has 26 heavy (non-hydrogen) atoms. The molecule has 0 aliphatic carbocycles. The summed E-state index contributed by atoms with van der Waals surface area (Å²) < 4.78 is 26.9. The summed E-state index contributed by atoms with van der Waals surface area (Å²) in [5.74, 6) is 1.43. The van der Waals surface area contributed by atoms with Crippen LogP contribution in [0.15, 0.2) is 36.4 Å². The highest BCUT2D eigenvalue weighted by molar-refractivity contribution is 5.59. The number of aryl methyl sites for hydroxylation is 1. The van der Waals surface area contributed by atoms with E-state index in [1.165, 1.54) is 7.11 Å². The Morgan fingerprint density at radius 2 is 1.58 bits per heavy atom. The molecule has 2 rings (SSSR count). The van der Waals surface area contributed by atoms with Crippen molar-refractivity contribution in [2.24, 2.45) is 0 Å². The predicted octanol–water partition coefficient (Wildman–Crippen LogP) is 3.25. The van der Waals surface area contributed by atoms with E-state index in [4.69, 9.17) is 23.7 Å². The fourth-order valence-electron chi connectivity index (χ4n) is 2.77. The zero-order chi connectivity index (χ0) is 18.9. The van der Waals surface area contributed by atoms with Gasteiger partial charge in [-0.25, -0.2) is 0 Å². The number of hydrogen-bond acceptors (Lipinski definition) is 6. The number of aliphatic hydroxyl groups excluding tert-OH is 1. The van der Waals surface area contributed by atoms with Gasteiger partial charge in [0.05, 0.1) is 18.8 Å². The SMILES string of the molecule is COCOc1cc(C)c(OCOC)c(C(O)Cc2ccccc2)c1OC. The molecule has 0 bridgehead atoms. The van der Waals surface area contributed by atoms with Crippen LogP contribution >= 0.6 is 0 Å². The standard InChI is InChI=1S/C20H26O6/c1-14-10-17(25-12-22-2)20(24-4)18(19(14)26-13-23-3)16(21)11-15-8-6-5-7-9-15/h5-10,16,21H,11-13H2,1-4H3. The van der Waals surface area contributed by atoms with Crippen molar-refractivity contribution >= 4 is 0 Å². The summed E-state index contributed by atoms with van der Waals surface area (Å²) in [4.78, 5) is 0. The molecule has 1 atom stereocenters. The summed E-state index contributed by atoms with van der Waals surface area (Å²) in [5, 5.41) is 11.0. The molecule has 0 fully saturated rings. The molecule has 0 spiro atoms. The van der Waals surface area contributed by atoms with E-state index in [0.717, 1.165) is 11.1 Å². The third-order valence-corrected chi connectivity index (χ3v) is 3.88. The molecule has 142 valence electrons. The summed E-state index contributed by atoms with van der Waals surface area (Å²) in [6.45, 7) is 2.01. The van der Waals surface area contributed by atoms with Gasteiger partial charge in [-0.3, -0.25) is 0 Å². The Labute approximate surface area is 154 Å². The summed E-state index contributed by atoms with van der Waals surface area (Å²) >= 11 is 0. The quantitative estimate of drug-likeness (QED) is 0.655. The number of hydrogen-bond donors (Lipinski definition) is 1.